The molecule has 2 unspecified atom stereocenters. The zero-order valence-electron chi connectivity index (χ0n) is 18.7. The van der Waals surface area contributed by atoms with Crippen molar-refractivity contribution in [3.05, 3.63) is 51.8 Å². The summed E-state index contributed by atoms with van der Waals surface area (Å²) in [4.78, 5) is 20.1. The fraction of sp³-hybridized carbons (Fsp3) is 0.440. The lowest BCUT2D eigenvalue weighted by Gasteiger charge is -2.36. The Morgan fingerprint density at radius 3 is 3.03 bits per heavy atom. The topological polar surface area (TPSA) is 62.7 Å². The van der Waals surface area contributed by atoms with Gasteiger partial charge < -0.3 is 14.7 Å². The third kappa shape index (κ3) is 6.21. The molecule has 1 N–H and O–H groups in total. The minimum atomic E-state index is -0.674. The summed E-state index contributed by atoms with van der Waals surface area (Å²) in [5.74, 6) is 0.986. The Bertz CT molecular complexity index is 1080. The molecule has 0 aliphatic carbocycles. The highest BCUT2D eigenvalue weighted by Gasteiger charge is 2.33. The summed E-state index contributed by atoms with van der Waals surface area (Å²) >= 11 is 10.0. The van der Waals surface area contributed by atoms with Crippen molar-refractivity contribution >= 4 is 51.6 Å². The number of carbonyl (C=O) groups is 1. The van der Waals surface area contributed by atoms with Gasteiger partial charge in [-0.2, -0.15) is 11.3 Å². The number of fused-ring (bicyclic) bond motifs is 1. The molecule has 2 atom stereocenters. The number of carboxylic acids is 1. The van der Waals surface area contributed by atoms with E-state index in [1.54, 1.807) is 24.6 Å². The Morgan fingerprint density at radius 2 is 2.27 bits per heavy atom. The quantitative estimate of drug-likeness (QED) is 0.337. The van der Waals surface area contributed by atoms with Crippen LogP contribution in [0.15, 0.2) is 46.1 Å². The first kappa shape index (κ1) is 24.3. The van der Waals surface area contributed by atoms with Crippen LogP contribution < -0.4 is 4.74 Å². The number of benzene rings is 1. The van der Waals surface area contributed by atoms with E-state index in [0.717, 1.165) is 66.7 Å². The summed E-state index contributed by atoms with van der Waals surface area (Å²) in [6.45, 7) is 2.53. The smallest absolute Gasteiger partial charge is 0.308 e. The summed E-state index contributed by atoms with van der Waals surface area (Å²) in [6, 6.07) is 7.96. The summed E-state index contributed by atoms with van der Waals surface area (Å²) in [5, 5.41) is 15.8. The predicted molar refractivity (Wildman–Crippen MR) is 137 cm³/mol. The van der Waals surface area contributed by atoms with Gasteiger partial charge in [0.1, 0.15) is 5.75 Å². The number of aromatic nitrogens is 1. The van der Waals surface area contributed by atoms with Gasteiger partial charge in [-0.3, -0.25) is 9.78 Å². The number of nitrogens with zero attached hydrogens (tertiary/aromatic N) is 2. The van der Waals surface area contributed by atoms with Crippen LogP contribution in [0.1, 0.15) is 24.8 Å². The van der Waals surface area contributed by atoms with E-state index in [4.69, 9.17) is 16.3 Å². The van der Waals surface area contributed by atoms with Crippen LogP contribution in [0.25, 0.3) is 10.9 Å². The van der Waals surface area contributed by atoms with Crippen molar-refractivity contribution in [2.75, 3.05) is 32.5 Å². The van der Waals surface area contributed by atoms with Gasteiger partial charge in [0.15, 0.2) is 0 Å². The van der Waals surface area contributed by atoms with Crippen molar-refractivity contribution in [1.29, 1.82) is 0 Å². The van der Waals surface area contributed by atoms with Crippen molar-refractivity contribution in [1.82, 2.24) is 9.88 Å². The third-order valence-electron chi connectivity index (χ3n) is 6.46. The van der Waals surface area contributed by atoms with Gasteiger partial charge in [-0.05, 0) is 73.4 Å². The van der Waals surface area contributed by atoms with Gasteiger partial charge in [-0.1, -0.05) is 11.6 Å². The third-order valence-corrected chi connectivity index (χ3v) is 8.60. The maximum Gasteiger partial charge on any atom is 0.308 e. The van der Waals surface area contributed by atoms with E-state index in [9.17, 15) is 9.90 Å². The molecule has 176 valence electrons. The Balaban J connectivity index is 1.33. The molecular weight excluding hydrogens is 476 g/mol. The van der Waals surface area contributed by atoms with Crippen molar-refractivity contribution in [2.24, 2.45) is 11.8 Å². The van der Waals surface area contributed by atoms with Gasteiger partial charge in [0.25, 0.3) is 0 Å². The molecule has 33 heavy (non-hydrogen) atoms. The number of carboxylic acid groups (broad SMARTS) is 1. The number of methoxy groups -OCH3 is 1. The maximum atomic E-state index is 12.0. The van der Waals surface area contributed by atoms with E-state index in [2.05, 4.69) is 26.7 Å². The Labute approximate surface area is 208 Å². The monoisotopic (exact) mass is 504 g/mol. The number of hydrogen-bond donors (Lipinski definition) is 1. The van der Waals surface area contributed by atoms with Crippen molar-refractivity contribution in [3.8, 4) is 5.75 Å². The van der Waals surface area contributed by atoms with Crippen molar-refractivity contribution in [3.63, 3.8) is 0 Å². The van der Waals surface area contributed by atoms with Crippen LogP contribution in [-0.2, 0) is 11.2 Å². The van der Waals surface area contributed by atoms with Crippen LogP contribution in [0, 0.1) is 11.8 Å². The molecule has 0 amide bonds. The van der Waals surface area contributed by atoms with E-state index in [1.807, 2.05) is 30.0 Å². The van der Waals surface area contributed by atoms with Gasteiger partial charge in [0, 0.05) is 40.7 Å². The van der Waals surface area contributed by atoms with Crippen LogP contribution in [-0.4, -0.2) is 53.5 Å². The number of likely N-dealkylation sites (tertiary alicyclic amines) is 1. The minimum Gasteiger partial charge on any atom is -0.497 e. The molecule has 3 aromatic rings. The lowest BCUT2D eigenvalue weighted by atomic mass is 9.81. The van der Waals surface area contributed by atoms with E-state index >= 15 is 0 Å². The Kier molecular flexibility index (Phi) is 8.52. The normalized spacial score (nSPS) is 19.1. The lowest BCUT2D eigenvalue weighted by molar-refractivity contribution is -0.146. The number of rotatable bonds is 10. The van der Waals surface area contributed by atoms with E-state index in [1.165, 1.54) is 4.90 Å². The summed E-state index contributed by atoms with van der Waals surface area (Å²) in [7, 11) is 1.65. The fourth-order valence-electron chi connectivity index (χ4n) is 4.65. The molecule has 0 bridgehead atoms. The van der Waals surface area contributed by atoms with Gasteiger partial charge >= 0.3 is 5.97 Å². The number of thioether (sulfide) groups is 1. The molecule has 1 saturated heterocycles. The summed E-state index contributed by atoms with van der Waals surface area (Å²) in [5.41, 5.74) is 1.96. The second-order valence-electron chi connectivity index (χ2n) is 8.46. The van der Waals surface area contributed by atoms with Crippen LogP contribution in [0.3, 0.4) is 0 Å². The number of pyridine rings is 1. The maximum absolute atomic E-state index is 12.0. The first-order valence-corrected chi connectivity index (χ1v) is 13.6. The molecule has 1 aliphatic heterocycles. The van der Waals surface area contributed by atoms with Gasteiger partial charge in [-0.25, -0.2) is 0 Å². The molecule has 0 spiro atoms. The number of halogens is 1. The molecule has 3 heterocycles. The number of ether oxygens (including phenoxy) is 1. The van der Waals surface area contributed by atoms with E-state index in [-0.39, 0.29) is 11.8 Å². The van der Waals surface area contributed by atoms with Crippen LogP contribution in [0.4, 0.5) is 0 Å². The number of aliphatic carboxylic acids is 1. The average molecular weight is 505 g/mol. The molecule has 0 saturated carbocycles. The molecule has 5 nitrogen and oxygen atoms in total. The molecule has 0 radical (unpaired) electrons. The number of aryl methyl sites for hydroxylation is 1. The molecule has 2 aromatic heterocycles. The average Bonchev–Trinajstić information content (AvgIpc) is 3.34. The number of hydrogen-bond acceptors (Lipinski definition) is 6. The second kappa shape index (κ2) is 11.6. The largest absolute Gasteiger partial charge is 0.497 e. The Morgan fingerprint density at radius 1 is 1.39 bits per heavy atom. The predicted octanol–water partition coefficient (Wildman–Crippen LogP) is 6.10. The van der Waals surface area contributed by atoms with E-state index in [0.29, 0.717) is 11.6 Å². The van der Waals surface area contributed by atoms with Crippen molar-refractivity contribution in [2.45, 2.75) is 30.6 Å². The van der Waals surface area contributed by atoms with Crippen LogP contribution in [0.2, 0.25) is 5.02 Å². The molecule has 1 aromatic carbocycles. The lowest BCUT2D eigenvalue weighted by Crippen LogP contribution is -2.44. The molecular formula is C25H29ClN2O3S2. The molecule has 8 heteroatoms. The zero-order valence-corrected chi connectivity index (χ0v) is 21.1. The van der Waals surface area contributed by atoms with Crippen LogP contribution in [0.5, 0.6) is 5.75 Å². The first-order valence-electron chi connectivity index (χ1n) is 11.3. The van der Waals surface area contributed by atoms with Gasteiger partial charge in [0.2, 0.25) is 0 Å². The highest BCUT2D eigenvalue weighted by Crippen LogP contribution is 2.32. The SMILES string of the molecule is COc1ccc2ncc(Cl)c(CCCC3CCN(CCSc4ccsc4)CC3C(=O)O)c2c1. The summed E-state index contributed by atoms with van der Waals surface area (Å²) in [6.07, 6.45) is 5.23. The van der Waals surface area contributed by atoms with Crippen LogP contribution >= 0.6 is 34.7 Å². The first-order chi connectivity index (χ1) is 16.0. The van der Waals surface area contributed by atoms with Crippen molar-refractivity contribution < 1.29 is 14.6 Å². The number of thiophene rings is 1. The second-order valence-corrected chi connectivity index (χ2v) is 10.8. The molecule has 1 fully saturated rings. The highest BCUT2D eigenvalue weighted by molar-refractivity contribution is 7.99. The Hall–Kier alpha value is -1.80. The highest BCUT2D eigenvalue weighted by atomic mass is 35.5. The summed E-state index contributed by atoms with van der Waals surface area (Å²) < 4.78 is 5.37. The number of piperidine rings is 1. The molecule has 4 rings (SSSR count). The van der Waals surface area contributed by atoms with E-state index < -0.39 is 5.97 Å². The molecule has 1 aliphatic rings. The standard InChI is InChI=1S/C25H29ClN2O3S2/c1-31-18-5-6-24-21(13-18)20(23(26)14-27-24)4-2-3-17-7-9-28(15-22(17)25(29)30)10-12-33-19-8-11-32-16-19/h5-6,8,11,13-14,16-17,22H,2-4,7,9-10,12,15H2,1H3,(H,29,30). The zero-order chi connectivity index (χ0) is 23.2. The van der Waals surface area contributed by atoms with Gasteiger partial charge in [-0.15, -0.1) is 11.8 Å². The fourth-order valence-corrected chi connectivity index (χ4v) is 6.68. The van der Waals surface area contributed by atoms with Gasteiger partial charge in [0.05, 0.1) is 23.6 Å². The minimum absolute atomic E-state index is 0.199.